The molecule has 64 valence electrons. The Morgan fingerprint density at radius 2 is 2.09 bits per heavy atom. The van der Waals surface area contributed by atoms with E-state index in [9.17, 15) is 0 Å². The van der Waals surface area contributed by atoms with E-state index in [1.54, 1.807) is 0 Å². The largest absolute Gasteiger partial charge is 0.381 e. The van der Waals surface area contributed by atoms with Crippen LogP contribution in [0.1, 0.15) is 19.8 Å². The molecule has 1 heteroatoms. The molecule has 0 spiro atoms. The van der Waals surface area contributed by atoms with Gasteiger partial charge in [-0.2, -0.15) is 0 Å². The lowest BCUT2D eigenvalue weighted by atomic mass is 10.1. The van der Waals surface area contributed by atoms with Crippen LogP contribution >= 0.6 is 0 Å². The number of hydrogen-bond acceptors (Lipinski definition) is 1. The maximum absolute atomic E-state index is 3.74. The summed E-state index contributed by atoms with van der Waals surface area (Å²) in [5.74, 6) is 0.646. The first-order valence-electron chi connectivity index (χ1n) is 4.16. The van der Waals surface area contributed by atoms with Crippen molar-refractivity contribution in [1.82, 2.24) is 4.90 Å². The maximum atomic E-state index is 3.74. The highest BCUT2D eigenvalue weighted by Gasteiger charge is 1.96. The van der Waals surface area contributed by atoms with Gasteiger partial charge in [0.15, 0.2) is 0 Å². The highest BCUT2D eigenvalue weighted by molar-refractivity contribution is 4.75. The summed E-state index contributed by atoms with van der Waals surface area (Å²) in [5.41, 5.74) is 0. The Labute approximate surface area is 70.4 Å². The molecule has 1 nitrogen and oxygen atoms in total. The second-order valence-corrected chi connectivity index (χ2v) is 3.02. The molecule has 0 bridgehead atoms. The van der Waals surface area contributed by atoms with E-state index in [1.807, 2.05) is 19.3 Å². The fourth-order valence-corrected chi connectivity index (χ4v) is 0.872. The highest BCUT2D eigenvalue weighted by atomic mass is 15.1. The van der Waals surface area contributed by atoms with Gasteiger partial charge >= 0.3 is 0 Å². The molecule has 0 aliphatic rings. The third kappa shape index (κ3) is 5.71. The molecule has 0 radical (unpaired) electrons. The molecule has 1 unspecified atom stereocenters. The Bertz CT molecular complexity index is 104. The second-order valence-electron chi connectivity index (χ2n) is 3.02. The second kappa shape index (κ2) is 6.02. The number of rotatable bonds is 6. The van der Waals surface area contributed by atoms with Gasteiger partial charge in [0.1, 0.15) is 0 Å². The van der Waals surface area contributed by atoms with Gasteiger partial charge in [-0.1, -0.05) is 19.6 Å². The molecule has 0 aromatic carbocycles. The summed E-state index contributed by atoms with van der Waals surface area (Å²) in [4.78, 5) is 2.11. The minimum atomic E-state index is 0.646. The summed E-state index contributed by atoms with van der Waals surface area (Å²) in [6.45, 7) is 10.7. The summed E-state index contributed by atoms with van der Waals surface area (Å²) >= 11 is 0. The van der Waals surface area contributed by atoms with E-state index in [-0.39, 0.29) is 0 Å². The van der Waals surface area contributed by atoms with Crippen molar-refractivity contribution in [3.63, 3.8) is 0 Å². The Kier molecular flexibility index (Phi) is 5.63. The number of nitrogens with zero attached hydrogens (tertiary/aromatic N) is 1. The fraction of sp³-hybridized carbons (Fsp3) is 0.600. The molecule has 0 heterocycles. The van der Waals surface area contributed by atoms with Gasteiger partial charge < -0.3 is 4.90 Å². The fourth-order valence-electron chi connectivity index (χ4n) is 0.872. The molecule has 0 fully saturated rings. The van der Waals surface area contributed by atoms with E-state index in [0.717, 1.165) is 6.54 Å². The number of hydrogen-bond donors (Lipinski definition) is 0. The van der Waals surface area contributed by atoms with Gasteiger partial charge in [-0.15, -0.1) is 6.58 Å². The molecule has 0 aromatic heterocycles. The van der Waals surface area contributed by atoms with E-state index < -0.39 is 0 Å². The molecule has 0 N–H and O–H groups in total. The topological polar surface area (TPSA) is 3.24 Å². The molecular formula is C10H19N. The van der Waals surface area contributed by atoms with Gasteiger partial charge in [0.05, 0.1) is 0 Å². The minimum Gasteiger partial charge on any atom is -0.381 e. The van der Waals surface area contributed by atoms with Gasteiger partial charge in [0, 0.05) is 13.6 Å². The summed E-state index contributed by atoms with van der Waals surface area (Å²) in [7, 11) is 2.05. The van der Waals surface area contributed by atoms with Crippen molar-refractivity contribution in [2.75, 3.05) is 13.6 Å². The molecule has 0 saturated heterocycles. The first-order chi connectivity index (χ1) is 5.20. The van der Waals surface area contributed by atoms with Crippen LogP contribution in [0.2, 0.25) is 0 Å². The van der Waals surface area contributed by atoms with Crippen molar-refractivity contribution in [2.45, 2.75) is 19.8 Å². The van der Waals surface area contributed by atoms with Gasteiger partial charge in [0.25, 0.3) is 0 Å². The van der Waals surface area contributed by atoms with Crippen LogP contribution < -0.4 is 0 Å². The Morgan fingerprint density at radius 3 is 2.55 bits per heavy atom. The molecule has 1 atom stereocenters. The van der Waals surface area contributed by atoms with Gasteiger partial charge in [-0.05, 0) is 25.0 Å². The number of allylic oxidation sites excluding steroid dienone is 1. The molecule has 0 aliphatic heterocycles. The normalized spacial score (nSPS) is 12.2. The maximum Gasteiger partial charge on any atom is 0.0169 e. The lowest BCUT2D eigenvalue weighted by Gasteiger charge is -2.13. The lowest BCUT2D eigenvalue weighted by molar-refractivity contribution is 0.423. The first-order valence-corrected chi connectivity index (χ1v) is 4.16. The van der Waals surface area contributed by atoms with Crippen LogP contribution in [0.3, 0.4) is 0 Å². The van der Waals surface area contributed by atoms with Crippen LogP contribution in [-0.2, 0) is 0 Å². The highest BCUT2D eigenvalue weighted by Crippen LogP contribution is 2.06. The smallest absolute Gasteiger partial charge is 0.0169 e. The molecule has 0 aliphatic carbocycles. The van der Waals surface area contributed by atoms with Crippen molar-refractivity contribution in [3.05, 3.63) is 25.4 Å². The van der Waals surface area contributed by atoms with Crippen LogP contribution in [0.5, 0.6) is 0 Å². The van der Waals surface area contributed by atoms with Crippen LogP contribution in [0, 0.1) is 5.92 Å². The van der Waals surface area contributed by atoms with Crippen LogP contribution in [-0.4, -0.2) is 18.5 Å². The van der Waals surface area contributed by atoms with E-state index in [1.165, 1.54) is 12.8 Å². The summed E-state index contributed by atoms with van der Waals surface area (Å²) < 4.78 is 0. The quantitative estimate of drug-likeness (QED) is 0.530. The van der Waals surface area contributed by atoms with Gasteiger partial charge in [-0.3, -0.25) is 0 Å². The molecule has 11 heavy (non-hydrogen) atoms. The zero-order chi connectivity index (χ0) is 8.69. The third-order valence-electron chi connectivity index (χ3n) is 1.88. The van der Waals surface area contributed by atoms with Crippen LogP contribution in [0.15, 0.2) is 25.4 Å². The summed E-state index contributed by atoms with van der Waals surface area (Å²) in [6, 6.07) is 0. The Hall–Kier alpha value is -0.720. The van der Waals surface area contributed by atoms with Crippen LogP contribution in [0.4, 0.5) is 0 Å². The molecule has 0 aromatic rings. The van der Waals surface area contributed by atoms with Crippen molar-refractivity contribution >= 4 is 0 Å². The van der Waals surface area contributed by atoms with Crippen molar-refractivity contribution < 1.29 is 0 Å². The molecular weight excluding hydrogens is 134 g/mol. The Balaban J connectivity index is 3.26. The van der Waals surface area contributed by atoms with Crippen LogP contribution in [0.25, 0.3) is 0 Å². The SMILES string of the molecule is C=CC(C)CCCN(C)C=C. The predicted molar refractivity (Wildman–Crippen MR) is 51.4 cm³/mol. The van der Waals surface area contributed by atoms with Crippen molar-refractivity contribution in [1.29, 1.82) is 0 Å². The Morgan fingerprint density at radius 1 is 1.45 bits per heavy atom. The molecule has 0 amide bonds. The van der Waals surface area contributed by atoms with Crippen molar-refractivity contribution in [3.8, 4) is 0 Å². The third-order valence-corrected chi connectivity index (χ3v) is 1.88. The molecule has 0 saturated carbocycles. The van der Waals surface area contributed by atoms with Crippen molar-refractivity contribution in [2.24, 2.45) is 5.92 Å². The monoisotopic (exact) mass is 153 g/mol. The summed E-state index contributed by atoms with van der Waals surface area (Å²) in [5, 5.41) is 0. The zero-order valence-electron chi connectivity index (χ0n) is 7.71. The van der Waals surface area contributed by atoms with Gasteiger partial charge in [0.2, 0.25) is 0 Å². The molecule has 0 rings (SSSR count). The first kappa shape index (κ1) is 10.3. The van der Waals surface area contributed by atoms with E-state index in [2.05, 4.69) is 25.0 Å². The average Bonchev–Trinajstić information content (AvgIpc) is 2.04. The van der Waals surface area contributed by atoms with E-state index in [0.29, 0.717) is 5.92 Å². The van der Waals surface area contributed by atoms with Gasteiger partial charge in [-0.25, -0.2) is 0 Å². The minimum absolute atomic E-state index is 0.646. The standard InChI is InChI=1S/C10H19N/c1-5-10(3)8-7-9-11(4)6-2/h5-6,10H,1-2,7-9H2,3-4H3. The van der Waals surface area contributed by atoms with E-state index in [4.69, 9.17) is 0 Å². The zero-order valence-corrected chi connectivity index (χ0v) is 7.71. The predicted octanol–water partition coefficient (Wildman–Crippen LogP) is 2.66. The lowest BCUT2D eigenvalue weighted by Crippen LogP contribution is -2.12. The van der Waals surface area contributed by atoms with E-state index >= 15 is 0 Å². The average molecular weight is 153 g/mol. The summed E-state index contributed by atoms with van der Waals surface area (Å²) in [6.07, 6.45) is 6.31.